The summed E-state index contributed by atoms with van der Waals surface area (Å²) in [6.45, 7) is 3.23. The minimum atomic E-state index is -0.897. The molecule has 0 saturated carbocycles. The molecule has 1 aromatic rings. The molecule has 0 heterocycles. The molecular weight excluding hydrogens is 220 g/mol. The maximum Gasteiger partial charge on any atom is 0.320 e. The van der Waals surface area contributed by atoms with Gasteiger partial charge in [-0.3, -0.25) is 9.59 Å². The Balaban J connectivity index is 2.60. The smallest absolute Gasteiger partial charge is 0.320 e. The average molecular weight is 236 g/mol. The molecule has 0 saturated heterocycles. The second-order valence-corrected chi connectivity index (χ2v) is 3.73. The van der Waals surface area contributed by atoms with Gasteiger partial charge in [0, 0.05) is 0 Å². The number of esters is 2. The van der Waals surface area contributed by atoms with Crippen molar-refractivity contribution in [3.05, 3.63) is 35.9 Å². The number of hydrogen-bond donors (Lipinski definition) is 0. The summed E-state index contributed by atoms with van der Waals surface area (Å²) in [5, 5.41) is 0. The van der Waals surface area contributed by atoms with Crippen LogP contribution in [0.1, 0.15) is 25.5 Å². The molecule has 1 rings (SSSR count). The van der Waals surface area contributed by atoms with Gasteiger partial charge in [0.25, 0.3) is 0 Å². The van der Waals surface area contributed by atoms with Gasteiger partial charge >= 0.3 is 11.9 Å². The Hall–Kier alpha value is -1.84. The maximum absolute atomic E-state index is 11.6. The van der Waals surface area contributed by atoms with E-state index >= 15 is 0 Å². The van der Waals surface area contributed by atoms with Gasteiger partial charge in [-0.05, 0) is 19.4 Å². The van der Waals surface area contributed by atoms with Crippen LogP contribution in [0.25, 0.3) is 0 Å². The lowest BCUT2D eigenvalue weighted by Gasteiger charge is -2.15. The van der Waals surface area contributed by atoms with Crippen LogP contribution in [0.4, 0.5) is 0 Å². The Kier molecular flexibility index (Phi) is 4.69. The molecule has 0 amide bonds. The SMILES string of the molecule is COC(=O)C(C)C(=O)OC(C)c1ccccc1. The van der Waals surface area contributed by atoms with Gasteiger partial charge in [-0.15, -0.1) is 0 Å². The monoisotopic (exact) mass is 236 g/mol. The van der Waals surface area contributed by atoms with E-state index in [1.54, 1.807) is 6.92 Å². The first kappa shape index (κ1) is 13.2. The van der Waals surface area contributed by atoms with Gasteiger partial charge in [-0.2, -0.15) is 0 Å². The standard InChI is InChI=1S/C13H16O4/c1-9(12(14)16-3)13(15)17-10(2)11-7-5-4-6-8-11/h4-10H,1-3H3. The molecule has 0 aromatic heterocycles. The first-order valence-corrected chi connectivity index (χ1v) is 5.39. The first-order valence-electron chi connectivity index (χ1n) is 5.39. The Morgan fingerprint density at radius 1 is 1.06 bits per heavy atom. The number of rotatable bonds is 4. The summed E-state index contributed by atoms with van der Waals surface area (Å²) in [7, 11) is 1.24. The van der Waals surface area contributed by atoms with Gasteiger partial charge in [0.05, 0.1) is 7.11 Å². The number of methoxy groups -OCH3 is 1. The van der Waals surface area contributed by atoms with E-state index in [1.807, 2.05) is 30.3 Å². The van der Waals surface area contributed by atoms with E-state index in [-0.39, 0.29) is 6.10 Å². The van der Waals surface area contributed by atoms with E-state index in [9.17, 15) is 9.59 Å². The van der Waals surface area contributed by atoms with Gasteiger partial charge in [0.2, 0.25) is 0 Å². The molecular formula is C13H16O4. The van der Waals surface area contributed by atoms with Crippen LogP contribution in [0.15, 0.2) is 30.3 Å². The van der Waals surface area contributed by atoms with Gasteiger partial charge in [-0.1, -0.05) is 30.3 Å². The fraction of sp³-hybridized carbons (Fsp3) is 0.385. The Morgan fingerprint density at radius 2 is 1.65 bits per heavy atom. The van der Waals surface area contributed by atoms with Gasteiger partial charge < -0.3 is 9.47 Å². The highest BCUT2D eigenvalue weighted by Gasteiger charge is 2.25. The number of hydrogen-bond acceptors (Lipinski definition) is 4. The highest BCUT2D eigenvalue weighted by molar-refractivity contribution is 5.94. The Bertz CT molecular complexity index is 386. The molecule has 4 nitrogen and oxygen atoms in total. The van der Waals surface area contributed by atoms with Crippen molar-refractivity contribution in [2.24, 2.45) is 5.92 Å². The van der Waals surface area contributed by atoms with Crippen molar-refractivity contribution in [3.63, 3.8) is 0 Å². The number of carbonyl (C=O) groups is 2. The summed E-state index contributed by atoms with van der Waals surface area (Å²) in [5.41, 5.74) is 0.887. The lowest BCUT2D eigenvalue weighted by molar-refractivity contribution is -0.162. The van der Waals surface area contributed by atoms with E-state index in [2.05, 4.69) is 4.74 Å². The molecule has 0 aliphatic rings. The van der Waals surface area contributed by atoms with Gasteiger partial charge in [0.15, 0.2) is 5.92 Å². The van der Waals surface area contributed by atoms with Gasteiger partial charge in [-0.25, -0.2) is 0 Å². The molecule has 0 bridgehead atoms. The maximum atomic E-state index is 11.6. The largest absolute Gasteiger partial charge is 0.468 e. The van der Waals surface area contributed by atoms with Crippen LogP contribution >= 0.6 is 0 Å². The van der Waals surface area contributed by atoms with Crippen molar-refractivity contribution in [2.75, 3.05) is 7.11 Å². The fourth-order valence-electron chi connectivity index (χ4n) is 1.34. The lowest BCUT2D eigenvalue weighted by atomic mass is 10.1. The van der Waals surface area contributed by atoms with Crippen molar-refractivity contribution in [3.8, 4) is 0 Å². The third-order valence-corrected chi connectivity index (χ3v) is 2.47. The molecule has 17 heavy (non-hydrogen) atoms. The predicted octanol–water partition coefficient (Wildman–Crippen LogP) is 2.10. The summed E-state index contributed by atoms with van der Waals surface area (Å²) in [4.78, 5) is 22.8. The van der Waals surface area contributed by atoms with Crippen LogP contribution < -0.4 is 0 Å². The zero-order chi connectivity index (χ0) is 12.8. The molecule has 0 N–H and O–H groups in total. The fourth-order valence-corrected chi connectivity index (χ4v) is 1.34. The van der Waals surface area contributed by atoms with Gasteiger partial charge in [0.1, 0.15) is 6.10 Å². The quantitative estimate of drug-likeness (QED) is 0.593. The molecule has 2 unspecified atom stereocenters. The Morgan fingerprint density at radius 3 is 2.18 bits per heavy atom. The molecule has 2 atom stereocenters. The van der Waals surface area contributed by atoms with E-state index < -0.39 is 17.9 Å². The third-order valence-electron chi connectivity index (χ3n) is 2.47. The van der Waals surface area contributed by atoms with Crippen LogP contribution in [0.2, 0.25) is 0 Å². The normalized spacial score (nSPS) is 13.6. The van der Waals surface area contributed by atoms with Crippen LogP contribution in [0, 0.1) is 5.92 Å². The molecule has 1 aromatic carbocycles. The summed E-state index contributed by atoms with van der Waals surface area (Å²) in [5.74, 6) is -2.06. The molecule has 4 heteroatoms. The zero-order valence-corrected chi connectivity index (χ0v) is 10.2. The highest BCUT2D eigenvalue weighted by atomic mass is 16.6. The van der Waals surface area contributed by atoms with Crippen LogP contribution in [0.3, 0.4) is 0 Å². The van der Waals surface area contributed by atoms with Crippen molar-refractivity contribution in [2.45, 2.75) is 20.0 Å². The number of carbonyl (C=O) groups excluding carboxylic acids is 2. The number of benzene rings is 1. The van der Waals surface area contributed by atoms with E-state index in [0.29, 0.717) is 0 Å². The predicted molar refractivity (Wildman–Crippen MR) is 62.1 cm³/mol. The lowest BCUT2D eigenvalue weighted by Crippen LogP contribution is -2.25. The van der Waals surface area contributed by atoms with Crippen LogP contribution in [0.5, 0.6) is 0 Å². The molecule has 0 spiro atoms. The van der Waals surface area contributed by atoms with E-state index in [0.717, 1.165) is 5.56 Å². The topological polar surface area (TPSA) is 52.6 Å². The van der Waals surface area contributed by atoms with Crippen molar-refractivity contribution >= 4 is 11.9 Å². The van der Waals surface area contributed by atoms with Crippen molar-refractivity contribution < 1.29 is 19.1 Å². The Labute approximate surface area is 101 Å². The van der Waals surface area contributed by atoms with E-state index in [4.69, 9.17) is 4.74 Å². The highest BCUT2D eigenvalue weighted by Crippen LogP contribution is 2.18. The summed E-state index contributed by atoms with van der Waals surface area (Å²) >= 11 is 0. The van der Waals surface area contributed by atoms with Crippen molar-refractivity contribution in [1.82, 2.24) is 0 Å². The summed E-state index contributed by atoms with van der Waals surface area (Å²) in [6.07, 6.45) is -0.379. The third kappa shape index (κ3) is 3.59. The molecule has 0 fully saturated rings. The molecule has 0 aliphatic heterocycles. The first-order chi connectivity index (χ1) is 8.06. The average Bonchev–Trinajstić information content (AvgIpc) is 2.37. The van der Waals surface area contributed by atoms with Crippen LogP contribution in [-0.2, 0) is 19.1 Å². The van der Waals surface area contributed by atoms with Crippen molar-refractivity contribution in [1.29, 1.82) is 0 Å². The zero-order valence-electron chi connectivity index (χ0n) is 10.2. The van der Waals surface area contributed by atoms with E-state index in [1.165, 1.54) is 14.0 Å². The minimum Gasteiger partial charge on any atom is -0.468 e. The molecule has 0 radical (unpaired) electrons. The second kappa shape index (κ2) is 6.03. The van der Waals surface area contributed by atoms with Crippen LogP contribution in [-0.4, -0.2) is 19.0 Å². The molecule has 92 valence electrons. The molecule has 0 aliphatic carbocycles. The minimum absolute atomic E-state index is 0.379. The summed E-state index contributed by atoms with van der Waals surface area (Å²) in [6, 6.07) is 9.34. The second-order valence-electron chi connectivity index (χ2n) is 3.73. The number of ether oxygens (including phenoxy) is 2. The summed E-state index contributed by atoms with van der Waals surface area (Å²) < 4.78 is 9.66.